The predicted octanol–water partition coefficient (Wildman–Crippen LogP) is 5.06. The van der Waals surface area contributed by atoms with E-state index in [4.69, 9.17) is 9.47 Å². The van der Waals surface area contributed by atoms with Crippen molar-refractivity contribution >= 4 is 21.8 Å². The first-order valence-electron chi connectivity index (χ1n) is 13.6. The molecule has 2 N–H and O–H groups in total. The minimum atomic E-state index is -0.336. The number of nitriles is 1. The Labute approximate surface area is 235 Å². The van der Waals surface area contributed by atoms with E-state index in [1.54, 1.807) is 4.57 Å². The molecule has 0 radical (unpaired) electrons. The minimum Gasteiger partial charge on any atom is -0.454 e. The van der Waals surface area contributed by atoms with Gasteiger partial charge in [0.2, 0.25) is 6.79 Å². The Morgan fingerprint density at radius 1 is 0.976 bits per heavy atom. The molecule has 0 fully saturated rings. The van der Waals surface area contributed by atoms with Crippen LogP contribution in [0.15, 0.2) is 83.9 Å². The quantitative estimate of drug-likeness (QED) is 0.261. The Bertz CT molecular complexity index is 2020. The molecule has 3 aromatic carbocycles. The number of hydrogen-bond donors (Lipinski definition) is 2. The number of para-hydroxylation sites is 2. The summed E-state index contributed by atoms with van der Waals surface area (Å²) in [7, 11) is 1.96. The van der Waals surface area contributed by atoms with Gasteiger partial charge in [0.05, 0.1) is 11.4 Å². The highest BCUT2D eigenvalue weighted by atomic mass is 16.7. The van der Waals surface area contributed by atoms with Gasteiger partial charge in [-0.15, -0.1) is 0 Å². The van der Waals surface area contributed by atoms with E-state index in [0.29, 0.717) is 5.69 Å². The number of aromatic nitrogens is 4. The van der Waals surface area contributed by atoms with Gasteiger partial charge in [-0.1, -0.05) is 42.5 Å². The van der Waals surface area contributed by atoms with Gasteiger partial charge >= 0.3 is 5.69 Å². The lowest BCUT2D eigenvalue weighted by molar-refractivity contribution is 0.174. The number of aryl methyl sites for hydroxylation is 2. The summed E-state index contributed by atoms with van der Waals surface area (Å²) < 4.78 is 16.7. The highest BCUT2D eigenvalue weighted by molar-refractivity contribution is 5.98. The molecule has 0 saturated heterocycles. The molecule has 0 bridgehead atoms. The molecule has 7 rings (SSSR count). The van der Waals surface area contributed by atoms with Gasteiger partial charge in [-0.05, 0) is 42.8 Å². The number of H-pyrrole nitrogens is 1. The van der Waals surface area contributed by atoms with Crippen LogP contribution in [0.2, 0.25) is 0 Å². The fraction of sp³-hybridized carbons (Fsp3) is 0.188. The van der Waals surface area contributed by atoms with E-state index >= 15 is 0 Å². The Kier molecular flexibility index (Phi) is 6.10. The van der Waals surface area contributed by atoms with Gasteiger partial charge in [-0.25, -0.2) is 4.79 Å². The number of nitrogens with one attached hydrogen (secondary N) is 2. The SMILES string of the molecule is Cn1cc(-n2c(-c3cn(CCCNCc4ccc5c(c4)OCO5)c4ccccc34)c(C#N)[nH]c2=O)c2ccccc21. The highest BCUT2D eigenvalue weighted by Gasteiger charge is 2.23. The molecule has 6 aromatic rings. The first-order valence-corrected chi connectivity index (χ1v) is 13.6. The van der Waals surface area contributed by atoms with Crippen LogP contribution in [0.5, 0.6) is 11.5 Å². The summed E-state index contributed by atoms with van der Waals surface area (Å²) in [6.45, 7) is 2.61. The summed E-state index contributed by atoms with van der Waals surface area (Å²) in [5, 5.41) is 15.5. The maximum atomic E-state index is 13.3. The zero-order chi connectivity index (χ0) is 27.9. The van der Waals surface area contributed by atoms with Gasteiger partial charge < -0.3 is 23.9 Å². The summed E-state index contributed by atoms with van der Waals surface area (Å²) in [5.41, 5.74) is 5.28. The molecule has 0 saturated carbocycles. The number of nitrogens with zero attached hydrogens (tertiary/aromatic N) is 4. The van der Waals surface area contributed by atoms with Gasteiger partial charge in [0, 0.05) is 59.9 Å². The maximum absolute atomic E-state index is 13.3. The van der Waals surface area contributed by atoms with E-state index in [9.17, 15) is 10.1 Å². The fourth-order valence-electron chi connectivity index (χ4n) is 5.78. The lowest BCUT2D eigenvalue weighted by atomic mass is 10.1. The van der Waals surface area contributed by atoms with Gasteiger partial charge in [0.1, 0.15) is 11.8 Å². The lowest BCUT2D eigenvalue weighted by Gasteiger charge is -2.08. The minimum absolute atomic E-state index is 0.247. The number of rotatable bonds is 8. The third-order valence-electron chi connectivity index (χ3n) is 7.69. The summed E-state index contributed by atoms with van der Waals surface area (Å²) in [4.78, 5) is 16.1. The number of hydrogen-bond acceptors (Lipinski definition) is 5. The first-order chi connectivity index (χ1) is 20.1. The maximum Gasteiger partial charge on any atom is 0.331 e. The molecule has 3 aromatic heterocycles. The predicted molar refractivity (Wildman–Crippen MR) is 157 cm³/mol. The topological polar surface area (TPSA) is 102 Å². The molecule has 0 aliphatic carbocycles. The average molecular weight is 545 g/mol. The molecule has 9 heteroatoms. The van der Waals surface area contributed by atoms with Crippen molar-refractivity contribution in [3.8, 4) is 34.5 Å². The third kappa shape index (κ3) is 4.26. The van der Waals surface area contributed by atoms with E-state index in [1.165, 1.54) is 0 Å². The average Bonchev–Trinajstić information content (AvgIpc) is 3.76. The van der Waals surface area contributed by atoms with E-state index in [1.807, 2.05) is 78.5 Å². The van der Waals surface area contributed by atoms with Crippen LogP contribution in [0, 0.1) is 11.3 Å². The van der Waals surface area contributed by atoms with Crippen LogP contribution in [0.3, 0.4) is 0 Å². The number of fused-ring (bicyclic) bond motifs is 3. The zero-order valence-corrected chi connectivity index (χ0v) is 22.6. The van der Waals surface area contributed by atoms with Crippen LogP contribution in [0.1, 0.15) is 17.7 Å². The molecule has 0 amide bonds. The Balaban J connectivity index is 1.19. The van der Waals surface area contributed by atoms with Crippen molar-refractivity contribution in [2.24, 2.45) is 7.05 Å². The summed E-state index contributed by atoms with van der Waals surface area (Å²) in [5.74, 6) is 1.58. The van der Waals surface area contributed by atoms with Crippen LogP contribution >= 0.6 is 0 Å². The van der Waals surface area contributed by atoms with Crippen LogP contribution in [0.25, 0.3) is 38.8 Å². The third-order valence-corrected chi connectivity index (χ3v) is 7.69. The number of aromatic amines is 1. The van der Waals surface area contributed by atoms with Crippen LogP contribution in [0.4, 0.5) is 0 Å². The fourth-order valence-corrected chi connectivity index (χ4v) is 5.78. The van der Waals surface area contributed by atoms with Crippen LogP contribution in [-0.4, -0.2) is 32.0 Å². The standard InChI is InChI=1S/C32H28N6O3/c1-36-19-28(23-8-3-4-9-26(23)36)38-31(25(16-33)35-32(38)39)24-18-37(27-10-5-2-7-22(24)27)14-6-13-34-17-21-11-12-29-30(15-21)41-20-40-29/h2-5,7-12,15,18-19,34H,6,13-14,17,20H2,1H3,(H,35,39). The molecular weight excluding hydrogens is 516 g/mol. The number of ether oxygens (including phenoxy) is 2. The van der Waals surface area contributed by atoms with E-state index in [-0.39, 0.29) is 18.2 Å². The van der Waals surface area contributed by atoms with E-state index in [2.05, 4.69) is 33.2 Å². The summed E-state index contributed by atoms with van der Waals surface area (Å²) in [6, 6.07) is 24.3. The van der Waals surface area contributed by atoms with Crippen LogP contribution < -0.4 is 20.5 Å². The second-order valence-corrected chi connectivity index (χ2v) is 10.2. The smallest absolute Gasteiger partial charge is 0.331 e. The van der Waals surface area contributed by atoms with Crippen molar-refractivity contribution in [2.45, 2.75) is 19.5 Å². The summed E-state index contributed by atoms with van der Waals surface area (Å²) in [6.07, 6.45) is 4.90. The molecule has 41 heavy (non-hydrogen) atoms. The monoisotopic (exact) mass is 544 g/mol. The van der Waals surface area contributed by atoms with Crippen molar-refractivity contribution in [3.63, 3.8) is 0 Å². The zero-order valence-electron chi connectivity index (χ0n) is 22.6. The number of imidazole rings is 1. The highest BCUT2D eigenvalue weighted by Crippen LogP contribution is 2.35. The van der Waals surface area contributed by atoms with Crippen molar-refractivity contribution in [2.75, 3.05) is 13.3 Å². The van der Waals surface area contributed by atoms with Gasteiger partial charge in [0.25, 0.3) is 0 Å². The van der Waals surface area contributed by atoms with Gasteiger partial charge in [0.15, 0.2) is 11.5 Å². The molecule has 0 unspecified atom stereocenters. The number of benzene rings is 3. The van der Waals surface area contributed by atoms with E-state index in [0.717, 1.165) is 76.2 Å². The van der Waals surface area contributed by atoms with Gasteiger partial charge in [-0.2, -0.15) is 5.26 Å². The van der Waals surface area contributed by atoms with E-state index < -0.39 is 0 Å². The second-order valence-electron chi connectivity index (χ2n) is 10.2. The molecule has 204 valence electrons. The van der Waals surface area contributed by atoms with Crippen LogP contribution in [-0.2, 0) is 20.1 Å². The Morgan fingerprint density at radius 2 is 1.76 bits per heavy atom. The normalized spacial score (nSPS) is 12.4. The largest absolute Gasteiger partial charge is 0.454 e. The molecule has 1 aliphatic rings. The first kappa shape index (κ1) is 24.8. The molecule has 0 spiro atoms. The molecule has 0 atom stereocenters. The molecular formula is C32H28N6O3. The van der Waals surface area contributed by atoms with Crippen molar-refractivity contribution < 1.29 is 9.47 Å². The molecule has 1 aliphatic heterocycles. The molecule has 4 heterocycles. The van der Waals surface area contributed by atoms with Gasteiger partial charge in [-0.3, -0.25) is 9.55 Å². The van der Waals surface area contributed by atoms with Crippen molar-refractivity contribution in [1.82, 2.24) is 24.0 Å². The Morgan fingerprint density at radius 3 is 2.61 bits per heavy atom. The Hall–Kier alpha value is -5.20. The van der Waals surface area contributed by atoms with Crippen molar-refractivity contribution in [3.05, 3.63) is 101 Å². The summed E-state index contributed by atoms with van der Waals surface area (Å²) >= 11 is 0. The second kappa shape index (κ2) is 10.1. The van der Waals surface area contributed by atoms with Crippen molar-refractivity contribution in [1.29, 1.82) is 5.26 Å². The molecule has 9 nitrogen and oxygen atoms in total. The lowest BCUT2D eigenvalue weighted by Crippen LogP contribution is -2.16.